The van der Waals surface area contributed by atoms with Crippen LogP contribution in [0.5, 0.6) is 0 Å². The smallest absolute Gasteiger partial charge is 0.277 e. The highest BCUT2D eigenvalue weighted by Gasteiger charge is 2.43. The van der Waals surface area contributed by atoms with Gasteiger partial charge in [-0.2, -0.15) is 13.2 Å². The van der Waals surface area contributed by atoms with Crippen molar-refractivity contribution in [2.24, 2.45) is 0 Å². The number of imide groups is 1. The third-order valence-corrected chi connectivity index (χ3v) is 6.70. The van der Waals surface area contributed by atoms with Crippen LogP contribution in [0.25, 0.3) is 0 Å². The van der Waals surface area contributed by atoms with Crippen LogP contribution in [0.4, 0.5) is 30.2 Å². The number of rotatable bonds is 3. The second-order valence-corrected chi connectivity index (χ2v) is 8.72. The molecule has 2 aliphatic rings. The molecule has 0 spiro atoms. The third-order valence-electron chi connectivity index (χ3n) is 5.57. The lowest BCUT2D eigenvalue weighted by Gasteiger charge is -2.32. The molecule has 0 saturated carbocycles. The van der Waals surface area contributed by atoms with Crippen LogP contribution >= 0.6 is 11.8 Å². The molecule has 0 unspecified atom stereocenters. The van der Waals surface area contributed by atoms with E-state index in [4.69, 9.17) is 0 Å². The number of carbonyl (C=O) groups is 3. The molecule has 8 nitrogen and oxygen atoms in total. The quantitative estimate of drug-likeness (QED) is 0.284. The van der Waals surface area contributed by atoms with Gasteiger partial charge in [-0.1, -0.05) is 30.0 Å². The van der Waals surface area contributed by atoms with E-state index in [1.807, 2.05) is 0 Å². The number of hydrogen-bond acceptors (Lipinski definition) is 6. The first-order valence-corrected chi connectivity index (χ1v) is 10.8. The summed E-state index contributed by atoms with van der Waals surface area (Å²) in [6.07, 6.45) is -4.66. The van der Waals surface area contributed by atoms with E-state index in [1.165, 1.54) is 36.0 Å². The molecule has 0 atom stereocenters. The molecule has 12 heteroatoms. The fraction of sp³-hybridized carbons (Fsp3) is 0.0870. The fourth-order valence-corrected chi connectivity index (χ4v) is 5.06. The molecule has 0 fully saturated rings. The van der Waals surface area contributed by atoms with Crippen molar-refractivity contribution in [2.75, 3.05) is 11.4 Å². The van der Waals surface area contributed by atoms with Crippen LogP contribution < -0.4 is 4.90 Å². The summed E-state index contributed by atoms with van der Waals surface area (Å²) < 4.78 is 40.2. The zero-order chi connectivity index (χ0) is 25.1. The van der Waals surface area contributed by atoms with E-state index in [-0.39, 0.29) is 16.9 Å². The van der Waals surface area contributed by atoms with Crippen molar-refractivity contribution in [3.05, 3.63) is 87.5 Å². The van der Waals surface area contributed by atoms with E-state index in [1.54, 1.807) is 18.2 Å². The lowest BCUT2D eigenvalue weighted by atomic mass is 10.1. The van der Waals surface area contributed by atoms with Gasteiger partial charge < -0.3 is 0 Å². The standard InChI is InChI=1S/C23H12F3N3O5S/c24-23(25,26)12-8-9-18-16(10-12)28(14-5-1-2-7-17(14)35-18)19(30)11-27-21(31)13-4-3-6-15(29(33)34)20(13)22(27)32/h1-10H,11H2. The van der Waals surface area contributed by atoms with Crippen molar-refractivity contribution in [2.45, 2.75) is 16.0 Å². The Morgan fingerprint density at radius 2 is 1.66 bits per heavy atom. The van der Waals surface area contributed by atoms with E-state index >= 15 is 0 Å². The summed E-state index contributed by atoms with van der Waals surface area (Å²) in [5, 5.41) is 11.3. The summed E-state index contributed by atoms with van der Waals surface area (Å²) in [6.45, 7) is -0.821. The Morgan fingerprint density at radius 3 is 2.37 bits per heavy atom. The lowest BCUT2D eigenvalue weighted by Crippen LogP contribution is -2.41. The van der Waals surface area contributed by atoms with Crippen molar-refractivity contribution < 1.29 is 32.5 Å². The van der Waals surface area contributed by atoms with Crippen LogP contribution in [0.1, 0.15) is 26.3 Å². The number of benzene rings is 3. The van der Waals surface area contributed by atoms with E-state index in [9.17, 15) is 37.7 Å². The Balaban J connectivity index is 1.55. The van der Waals surface area contributed by atoms with Crippen molar-refractivity contribution >= 4 is 46.5 Å². The fourth-order valence-electron chi connectivity index (χ4n) is 4.02. The Bertz CT molecular complexity index is 1460. The van der Waals surface area contributed by atoms with Crippen LogP contribution in [0.3, 0.4) is 0 Å². The second kappa shape index (κ2) is 7.94. The second-order valence-electron chi connectivity index (χ2n) is 7.63. The van der Waals surface area contributed by atoms with Gasteiger partial charge in [0.1, 0.15) is 12.1 Å². The van der Waals surface area contributed by atoms with Crippen LogP contribution in [-0.4, -0.2) is 34.1 Å². The average Bonchev–Trinajstić information content (AvgIpc) is 3.06. The number of anilines is 2. The Morgan fingerprint density at radius 1 is 0.943 bits per heavy atom. The van der Waals surface area contributed by atoms with Gasteiger partial charge in [0.15, 0.2) is 0 Å². The topological polar surface area (TPSA) is 101 Å². The van der Waals surface area contributed by atoms with Gasteiger partial charge in [-0.3, -0.25) is 34.3 Å². The highest BCUT2D eigenvalue weighted by molar-refractivity contribution is 7.99. The van der Waals surface area contributed by atoms with Crippen molar-refractivity contribution in [3.63, 3.8) is 0 Å². The number of fused-ring (bicyclic) bond motifs is 3. The van der Waals surface area contributed by atoms with E-state index < -0.39 is 52.2 Å². The van der Waals surface area contributed by atoms with Crippen molar-refractivity contribution in [3.8, 4) is 0 Å². The number of alkyl halides is 3. The van der Waals surface area contributed by atoms with Crippen molar-refractivity contribution in [1.82, 2.24) is 4.90 Å². The summed E-state index contributed by atoms with van der Waals surface area (Å²) in [5.41, 5.74) is -1.94. The minimum Gasteiger partial charge on any atom is -0.277 e. The average molecular weight is 499 g/mol. The monoisotopic (exact) mass is 499 g/mol. The van der Waals surface area contributed by atoms with Crippen molar-refractivity contribution in [1.29, 1.82) is 0 Å². The molecule has 2 heterocycles. The zero-order valence-electron chi connectivity index (χ0n) is 17.4. The molecule has 0 saturated heterocycles. The number of carbonyl (C=O) groups excluding carboxylic acids is 3. The summed E-state index contributed by atoms with van der Waals surface area (Å²) in [4.78, 5) is 52.3. The SMILES string of the molecule is O=C1c2cccc([N+](=O)[O-])c2C(=O)N1CC(=O)N1c2ccccc2Sc2ccc(C(F)(F)F)cc21. The molecule has 2 aliphatic heterocycles. The maximum absolute atomic E-state index is 13.5. The molecule has 0 bridgehead atoms. The Labute approximate surface area is 199 Å². The minimum absolute atomic E-state index is 0.0453. The first-order valence-electron chi connectivity index (χ1n) is 10.0. The summed E-state index contributed by atoms with van der Waals surface area (Å²) in [5.74, 6) is -2.77. The van der Waals surface area contributed by atoms with Gasteiger partial charge in [0.2, 0.25) is 0 Å². The largest absolute Gasteiger partial charge is 0.416 e. The number of para-hydroxylation sites is 1. The Kier molecular flexibility index (Phi) is 5.13. The molecular weight excluding hydrogens is 487 g/mol. The van der Waals surface area contributed by atoms with Gasteiger partial charge in [0.25, 0.3) is 23.4 Å². The summed E-state index contributed by atoms with van der Waals surface area (Å²) >= 11 is 1.18. The van der Waals surface area contributed by atoms with Gasteiger partial charge in [-0.05, 0) is 36.4 Å². The number of hydrogen-bond donors (Lipinski definition) is 0. The number of halogens is 3. The van der Waals surface area contributed by atoms with Gasteiger partial charge in [-0.25, -0.2) is 0 Å². The predicted molar refractivity (Wildman–Crippen MR) is 118 cm³/mol. The normalized spacial score (nSPS) is 14.5. The first-order chi connectivity index (χ1) is 16.6. The molecule has 0 radical (unpaired) electrons. The number of amides is 3. The van der Waals surface area contributed by atoms with Crippen LogP contribution in [0, 0.1) is 10.1 Å². The molecule has 5 rings (SSSR count). The first kappa shape index (κ1) is 22.6. The molecule has 176 valence electrons. The van der Waals surface area contributed by atoms with Gasteiger partial charge in [0, 0.05) is 15.9 Å². The molecule has 0 N–H and O–H groups in total. The third kappa shape index (κ3) is 3.62. The molecule has 0 aliphatic carbocycles. The van der Waals surface area contributed by atoms with Gasteiger partial charge in [0.05, 0.1) is 27.4 Å². The van der Waals surface area contributed by atoms with E-state index in [0.717, 1.165) is 23.1 Å². The minimum atomic E-state index is -4.66. The van der Waals surface area contributed by atoms with Crippen LogP contribution in [0.2, 0.25) is 0 Å². The van der Waals surface area contributed by atoms with Crippen LogP contribution in [-0.2, 0) is 11.0 Å². The molecule has 3 amide bonds. The van der Waals surface area contributed by atoms with Gasteiger partial charge >= 0.3 is 6.18 Å². The maximum atomic E-state index is 13.5. The molecule has 3 aromatic carbocycles. The maximum Gasteiger partial charge on any atom is 0.416 e. The Hall–Kier alpha value is -4.19. The predicted octanol–water partition coefficient (Wildman–Crippen LogP) is 5.04. The highest BCUT2D eigenvalue weighted by Crippen LogP contribution is 2.49. The molecule has 35 heavy (non-hydrogen) atoms. The highest BCUT2D eigenvalue weighted by atomic mass is 32.2. The zero-order valence-corrected chi connectivity index (χ0v) is 18.2. The molecular formula is C23H12F3N3O5S. The number of nitrogens with zero attached hydrogens (tertiary/aromatic N) is 3. The van der Waals surface area contributed by atoms with Gasteiger partial charge in [-0.15, -0.1) is 0 Å². The van der Waals surface area contributed by atoms with E-state index in [2.05, 4.69) is 0 Å². The van der Waals surface area contributed by atoms with E-state index in [0.29, 0.717) is 14.7 Å². The molecule has 0 aromatic heterocycles. The molecule has 3 aromatic rings. The summed E-state index contributed by atoms with van der Waals surface area (Å²) in [7, 11) is 0. The number of nitro benzene ring substituents is 1. The lowest BCUT2D eigenvalue weighted by molar-refractivity contribution is -0.385. The van der Waals surface area contributed by atoms with Crippen LogP contribution in [0.15, 0.2) is 70.5 Å². The number of nitro groups is 1. The summed E-state index contributed by atoms with van der Waals surface area (Å²) in [6, 6.07) is 13.1.